The number of thiazole rings is 1. The number of amides is 1. The molecule has 0 saturated carbocycles. The molecule has 0 bridgehead atoms. The first kappa shape index (κ1) is 18.5. The van der Waals surface area contributed by atoms with E-state index in [1.165, 1.54) is 17.5 Å². The van der Waals surface area contributed by atoms with Crippen molar-refractivity contribution in [3.63, 3.8) is 0 Å². The van der Waals surface area contributed by atoms with Gasteiger partial charge in [-0.2, -0.15) is 0 Å². The summed E-state index contributed by atoms with van der Waals surface area (Å²) in [5.74, 6) is -0.555. The fourth-order valence-corrected chi connectivity index (χ4v) is 3.87. The van der Waals surface area contributed by atoms with Gasteiger partial charge >= 0.3 is 0 Å². The molecule has 9 heteroatoms. The van der Waals surface area contributed by atoms with Crippen LogP contribution in [0.1, 0.15) is 32.0 Å². The van der Waals surface area contributed by atoms with E-state index in [1.54, 1.807) is 22.9 Å². The molecule has 0 aliphatic rings. The second kappa shape index (κ2) is 7.55. The van der Waals surface area contributed by atoms with E-state index >= 15 is 0 Å². The number of carbonyl (C=O) groups is 1. The van der Waals surface area contributed by atoms with Gasteiger partial charge in [-0.25, -0.2) is 4.98 Å². The van der Waals surface area contributed by atoms with E-state index in [4.69, 9.17) is 23.1 Å². The predicted octanol–water partition coefficient (Wildman–Crippen LogP) is 2.11. The minimum atomic E-state index is -0.555. The van der Waals surface area contributed by atoms with Gasteiger partial charge in [-0.15, -0.1) is 11.3 Å². The third kappa shape index (κ3) is 3.36. The van der Waals surface area contributed by atoms with Gasteiger partial charge in [-0.3, -0.25) is 9.78 Å². The number of pyridine rings is 1. The number of aromatic nitrogens is 3. The predicted molar refractivity (Wildman–Crippen MR) is 101 cm³/mol. The summed E-state index contributed by atoms with van der Waals surface area (Å²) in [6.45, 7) is 1.91. The van der Waals surface area contributed by atoms with E-state index in [2.05, 4.69) is 9.97 Å². The number of carbonyl (C=O) groups excluding carboxylic acids is 1. The lowest BCUT2D eigenvalue weighted by molar-refractivity contribution is 0.0990. The van der Waals surface area contributed by atoms with Crippen molar-refractivity contribution >= 4 is 28.8 Å². The molecule has 26 heavy (non-hydrogen) atoms. The van der Waals surface area contributed by atoms with E-state index < -0.39 is 11.9 Å². The van der Waals surface area contributed by atoms with E-state index in [0.29, 0.717) is 32.0 Å². The van der Waals surface area contributed by atoms with Gasteiger partial charge in [0, 0.05) is 18.9 Å². The Kier molecular flexibility index (Phi) is 5.38. The Bertz CT molecular complexity index is 935. The van der Waals surface area contributed by atoms with Crippen LogP contribution in [0, 0.1) is 6.92 Å². The molecule has 5 N–H and O–H groups in total. The molecule has 0 aliphatic carbocycles. The smallest absolute Gasteiger partial charge is 0.265 e. The Morgan fingerprint density at radius 2 is 2.15 bits per heavy atom. The monoisotopic (exact) mass is 391 g/mol. The number of hydrogen-bond acceptors (Lipinski definition) is 6. The van der Waals surface area contributed by atoms with Crippen LogP contribution in [-0.4, -0.2) is 32.1 Å². The average Bonchev–Trinajstić information content (AvgIpc) is 3.21. The van der Waals surface area contributed by atoms with Crippen molar-refractivity contribution in [1.82, 2.24) is 14.5 Å². The molecule has 136 valence electrons. The molecule has 0 fully saturated rings. The normalized spacial score (nSPS) is 12.3. The van der Waals surface area contributed by atoms with Crippen LogP contribution in [0.2, 0.25) is 5.02 Å². The van der Waals surface area contributed by atoms with Crippen molar-refractivity contribution in [2.75, 3.05) is 6.54 Å². The van der Waals surface area contributed by atoms with Crippen molar-refractivity contribution in [3.8, 4) is 11.4 Å². The largest absolute Gasteiger partial charge is 0.391 e. The maximum Gasteiger partial charge on any atom is 0.265 e. The van der Waals surface area contributed by atoms with Gasteiger partial charge in [0.05, 0.1) is 33.9 Å². The van der Waals surface area contributed by atoms with Crippen molar-refractivity contribution in [2.45, 2.75) is 19.6 Å². The number of hydrogen-bond donors (Lipinski definition) is 3. The first-order valence-electron chi connectivity index (χ1n) is 7.85. The van der Waals surface area contributed by atoms with Gasteiger partial charge in [-0.05, 0) is 30.7 Å². The molecule has 1 amide bonds. The maximum atomic E-state index is 12.1. The fraction of sp³-hybridized carbons (Fsp3) is 0.235. The zero-order chi connectivity index (χ0) is 18.8. The molecule has 3 heterocycles. The molecule has 1 unspecified atom stereocenters. The molecule has 0 aliphatic heterocycles. The Morgan fingerprint density at radius 1 is 1.38 bits per heavy atom. The number of nitrogens with zero attached hydrogens (tertiary/aromatic N) is 3. The lowest BCUT2D eigenvalue weighted by atomic mass is 10.2. The number of rotatable bonds is 6. The van der Waals surface area contributed by atoms with Crippen LogP contribution in [0.3, 0.4) is 0 Å². The topological polar surface area (TPSA) is 120 Å². The first-order chi connectivity index (χ1) is 12.5. The Labute approximate surface area is 159 Å². The summed E-state index contributed by atoms with van der Waals surface area (Å²) in [6.07, 6.45) is 3.14. The second-order valence-corrected chi connectivity index (χ2v) is 7.31. The summed E-state index contributed by atoms with van der Waals surface area (Å²) >= 11 is 7.28. The summed E-state index contributed by atoms with van der Waals surface area (Å²) in [5, 5.41) is 10.5. The molecule has 0 saturated heterocycles. The third-order valence-corrected chi connectivity index (χ3v) is 5.30. The number of aryl methyl sites for hydroxylation is 1. The zero-order valence-corrected chi connectivity index (χ0v) is 15.6. The van der Waals surface area contributed by atoms with Gasteiger partial charge in [0.15, 0.2) is 0 Å². The van der Waals surface area contributed by atoms with E-state index in [-0.39, 0.29) is 13.2 Å². The second-order valence-electron chi connectivity index (χ2n) is 5.73. The van der Waals surface area contributed by atoms with Gasteiger partial charge in [0.1, 0.15) is 10.7 Å². The van der Waals surface area contributed by atoms with Crippen LogP contribution in [0.5, 0.6) is 0 Å². The van der Waals surface area contributed by atoms with E-state index in [9.17, 15) is 9.90 Å². The average molecular weight is 392 g/mol. The highest BCUT2D eigenvalue weighted by molar-refractivity contribution is 7.11. The summed E-state index contributed by atoms with van der Waals surface area (Å²) in [6, 6.07) is 4.93. The SMILES string of the molecule is Cc1cc(-c2ccc(Cl)cn2)n(C(CN)c2ncc(CO)s2)c1C(N)=O. The highest BCUT2D eigenvalue weighted by atomic mass is 35.5. The number of aliphatic hydroxyl groups is 1. The van der Waals surface area contributed by atoms with Gasteiger partial charge in [0.2, 0.25) is 0 Å². The van der Waals surface area contributed by atoms with Crippen LogP contribution < -0.4 is 11.5 Å². The van der Waals surface area contributed by atoms with Crippen molar-refractivity contribution in [1.29, 1.82) is 0 Å². The lowest BCUT2D eigenvalue weighted by Crippen LogP contribution is -2.27. The molecule has 3 rings (SSSR count). The number of aliphatic hydroxyl groups excluding tert-OH is 1. The number of nitrogens with two attached hydrogens (primary N) is 2. The van der Waals surface area contributed by atoms with Crippen molar-refractivity contribution in [2.24, 2.45) is 11.5 Å². The molecule has 7 nitrogen and oxygen atoms in total. The minimum Gasteiger partial charge on any atom is -0.391 e. The quantitative estimate of drug-likeness (QED) is 0.594. The summed E-state index contributed by atoms with van der Waals surface area (Å²) in [4.78, 5) is 21.5. The van der Waals surface area contributed by atoms with Gasteiger partial charge < -0.3 is 21.1 Å². The Balaban J connectivity index is 2.22. The standard InChI is InChI=1S/C17H18ClN5O2S/c1-9-4-13(12-3-2-10(18)6-21-12)23(15(9)16(20)25)14(5-19)17-22-7-11(8-24)26-17/h2-4,6-7,14,24H,5,8,19H2,1H3,(H2,20,25). The fourth-order valence-electron chi connectivity index (χ4n) is 2.88. The molecular weight excluding hydrogens is 374 g/mol. The van der Waals surface area contributed by atoms with E-state index in [0.717, 1.165) is 5.56 Å². The lowest BCUT2D eigenvalue weighted by Gasteiger charge is -2.20. The van der Waals surface area contributed by atoms with Crippen LogP contribution in [-0.2, 0) is 6.61 Å². The Hall–Kier alpha value is -2.26. The number of halogens is 1. The molecular formula is C17H18ClN5O2S. The number of primary amides is 1. The van der Waals surface area contributed by atoms with E-state index in [1.807, 2.05) is 13.0 Å². The van der Waals surface area contributed by atoms with Gasteiger partial charge in [0.25, 0.3) is 5.91 Å². The zero-order valence-electron chi connectivity index (χ0n) is 14.0. The van der Waals surface area contributed by atoms with Crippen LogP contribution >= 0.6 is 22.9 Å². The molecule has 0 radical (unpaired) electrons. The van der Waals surface area contributed by atoms with Crippen LogP contribution in [0.15, 0.2) is 30.6 Å². The minimum absolute atomic E-state index is 0.103. The highest BCUT2D eigenvalue weighted by Gasteiger charge is 2.26. The van der Waals surface area contributed by atoms with Crippen LogP contribution in [0.25, 0.3) is 11.4 Å². The molecule has 1 atom stereocenters. The highest BCUT2D eigenvalue weighted by Crippen LogP contribution is 2.33. The molecule has 0 spiro atoms. The Morgan fingerprint density at radius 3 is 2.69 bits per heavy atom. The summed E-state index contributed by atoms with van der Waals surface area (Å²) < 4.78 is 1.77. The third-order valence-electron chi connectivity index (χ3n) is 4.00. The van der Waals surface area contributed by atoms with Crippen molar-refractivity contribution in [3.05, 3.63) is 56.8 Å². The maximum absolute atomic E-state index is 12.1. The molecule has 3 aromatic heterocycles. The van der Waals surface area contributed by atoms with Crippen LogP contribution in [0.4, 0.5) is 0 Å². The molecule has 0 aromatic carbocycles. The summed E-state index contributed by atoms with van der Waals surface area (Å²) in [5.41, 5.74) is 14.1. The summed E-state index contributed by atoms with van der Waals surface area (Å²) in [7, 11) is 0. The first-order valence-corrected chi connectivity index (χ1v) is 9.04. The molecule has 3 aromatic rings. The van der Waals surface area contributed by atoms with Gasteiger partial charge in [-0.1, -0.05) is 11.6 Å². The van der Waals surface area contributed by atoms with Crippen molar-refractivity contribution < 1.29 is 9.90 Å².